The summed E-state index contributed by atoms with van der Waals surface area (Å²) in [5.41, 5.74) is 2.79. The molecule has 5 nitrogen and oxygen atoms in total. The summed E-state index contributed by atoms with van der Waals surface area (Å²) in [6.45, 7) is 6.32. The second kappa shape index (κ2) is 9.11. The van der Waals surface area contributed by atoms with Crippen LogP contribution in [0.4, 0.5) is 10.9 Å². The highest BCUT2D eigenvalue weighted by molar-refractivity contribution is 7.16. The number of pyridine rings is 1. The van der Waals surface area contributed by atoms with Crippen LogP contribution in [0, 0.1) is 12.8 Å². The minimum absolute atomic E-state index is 0.00337. The number of hydrogen-bond donors (Lipinski definition) is 2. The number of hydrogen-bond acceptors (Lipinski definition) is 5. The van der Waals surface area contributed by atoms with Gasteiger partial charge >= 0.3 is 5.97 Å². The highest BCUT2D eigenvalue weighted by Crippen LogP contribution is 2.36. The van der Waals surface area contributed by atoms with E-state index in [0.29, 0.717) is 16.1 Å². The molecule has 0 fully saturated rings. The second-order valence-electron chi connectivity index (χ2n) is 7.17. The third-order valence-corrected chi connectivity index (χ3v) is 6.05. The molecule has 152 valence electrons. The zero-order chi connectivity index (χ0) is 21.1. The van der Waals surface area contributed by atoms with Crippen LogP contribution in [0.15, 0.2) is 30.5 Å². The van der Waals surface area contributed by atoms with Gasteiger partial charge in [0.2, 0.25) is 0 Å². The monoisotopic (exact) mass is 449 g/mol. The Bertz CT molecular complexity index is 1050. The zero-order valence-electron chi connectivity index (χ0n) is 16.3. The molecule has 0 spiro atoms. The van der Waals surface area contributed by atoms with E-state index in [1.165, 1.54) is 23.6 Å². The number of aryl methyl sites for hydroxylation is 2. The van der Waals surface area contributed by atoms with E-state index in [1.807, 2.05) is 25.1 Å². The van der Waals surface area contributed by atoms with Gasteiger partial charge in [0.1, 0.15) is 11.4 Å². The Morgan fingerprint density at radius 1 is 1.28 bits per heavy atom. The van der Waals surface area contributed by atoms with E-state index in [2.05, 4.69) is 24.1 Å². The predicted octanol–water partition coefficient (Wildman–Crippen LogP) is 6.85. The molecule has 0 unspecified atom stereocenters. The Kier molecular flexibility index (Phi) is 6.77. The van der Waals surface area contributed by atoms with Gasteiger partial charge in [0, 0.05) is 21.7 Å². The largest absolute Gasteiger partial charge is 0.478 e. The zero-order valence-corrected chi connectivity index (χ0v) is 18.6. The molecule has 3 rings (SSSR count). The summed E-state index contributed by atoms with van der Waals surface area (Å²) in [7, 11) is 0. The average Bonchev–Trinajstić information content (AvgIpc) is 3.06. The minimum Gasteiger partial charge on any atom is -0.478 e. The quantitative estimate of drug-likeness (QED) is 0.412. The molecule has 2 heterocycles. The number of halogens is 2. The molecule has 0 atom stereocenters. The minimum atomic E-state index is -1.11. The normalized spacial score (nSPS) is 11.1. The number of carboxylic acids is 1. The van der Waals surface area contributed by atoms with Crippen molar-refractivity contribution >= 4 is 51.5 Å². The fraction of sp³-hybridized carbons (Fsp3) is 0.286. The molecule has 0 amide bonds. The van der Waals surface area contributed by atoms with Crippen LogP contribution in [0.3, 0.4) is 0 Å². The van der Waals surface area contributed by atoms with Gasteiger partial charge in [-0.25, -0.2) is 14.8 Å². The van der Waals surface area contributed by atoms with Gasteiger partial charge in [0.15, 0.2) is 5.13 Å². The van der Waals surface area contributed by atoms with Gasteiger partial charge in [-0.05, 0) is 43.4 Å². The van der Waals surface area contributed by atoms with Gasteiger partial charge in [0.25, 0.3) is 0 Å². The maximum absolute atomic E-state index is 11.5. The van der Waals surface area contributed by atoms with E-state index >= 15 is 0 Å². The number of thiazole rings is 1. The van der Waals surface area contributed by atoms with Gasteiger partial charge in [-0.15, -0.1) is 11.3 Å². The molecule has 0 saturated carbocycles. The van der Waals surface area contributed by atoms with Crippen LogP contribution < -0.4 is 5.32 Å². The fourth-order valence-corrected chi connectivity index (χ4v) is 4.10. The first-order valence-corrected chi connectivity index (χ1v) is 10.7. The summed E-state index contributed by atoms with van der Waals surface area (Å²) in [5, 5.41) is 14.0. The fourth-order valence-electron chi connectivity index (χ4n) is 2.76. The van der Waals surface area contributed by atoms with Crippen molar-refractivity contribution in [3.8, 4) is 11.3 Å². The molecule has 29 heavy (non-hydrogen) atoms. The van der Waals surface area contributed by atoms with E-state index in [1.54, 1.807) is 0 Å². The molecule has 1 aromatic carbocycles. The van der Waals surface area contributed by atoms with Crippen molar-refractivity contribution in [2.45, 2.75) is 33.6 Å². The molecule has 0 aliphatic carbocycles. The van der Waals surface area contributed by atoms with Crippen LogP contribution in [0.25, 0.3) is 11.3 Å². The number of nitrogens with zero attached hydrogens (tertiary/aromatic N) is 2. The molecule has 8 heteroatoms. The van der Waals surface area contributed by atoms with Crippen molar-refractivity contribution in [1.82, 2.24) is 9.97 Å². The molecule has 2 aromatic heterocycles. The Labute approximate surface area is 183 Å². The van der Waals surface area contributed by atoms with E-state index in [-0.39, 0.29) is 16.4 Å². The van der Waals surface area contributed by atoms with E-state index in [0.717, 1.165) is 34.5 Å². The van der Waals surface area contributed by atoms with Crippen LogP contribution in [0.1, 0.15) is 41.1 Å². The first-order chi connectivity index (χ1) is 13.7. The van der Waals surface area contributed by atoms with Gasteiger partial charge in [-0.3, -0.25) is 0 Å². The predicted molar refractivity (Wildman–Crippen MR) is 120 cm³/mol. The number of anilines is 2. The molecular formula is C21H21Cl2N3O2S. The highest BCUT2D eigenvalue weighted by atomic mass is 35.5. The van der Waals surface area contributed by atoms with Crippen molar-refractivity contribution < 1.29 is 9.90 Å². The number of aromatic carboxylic acids is 1. The summed E-state index contributed by atoms with van der Waals surface area (Å²) in [6.07, 6.45) is 3.30. The lowest BCUT2D eigenvalue weighted by molar-refractivity contribution is 0.0697. The van der Waals surface area contributed by atoms with E-state index in [4.69, 9.17) is 28.2 Å². The summed E-state index contributed by atoms with van der Waals surface area (Å²) >= 11 is 13.7. The Morgan fingerprint density at radius 3 is 2.69 bits per heavy atom. The Hall–Kier alpha value is -2.15. The summed E-state index contributed by atoms with van der Waals surface area (Å²) in [5.74, 6) is -0.344. The molecule has 0 aliphatic rings. The maximum Gasteiger partial charge on any atom is 0.339 e. The number of aromatic nitrogens is 2. The smallest absolute Gasteiger partial charge is 0.339 e. The molecular weight excluding hydrogens is 429 g/mol. The number of carbonyl (C=O) groups is 1. The van der Waals surface area contributed by atoms with Crippen molar-refractivity contribution in [2.75, 3.05) is 5.32 Å². The van der Waals surface area contributed by atoms with Crippen LogP contribution in [0.5, 0.6) is 0 Å². The molecule has 0 radical (unpaired) electrons. The van der Waals surface area contributed by atoms with Crippen molar-refractivity contribution in [1.29, 1.82) is 0 Å². The third-order valence-electron chi connectivity index (χ3n) is 4.40. The van der Waals surface area contributed by atoms with E-state index in [9.17, 15) is 9.90 Å². The van der Waals surface area contributed by atoms with Gasteiger partial charge in [0.05, 0.1) is 10.7 Å². The number of nitrogens with one attached hydrogen (secondary N) is 1. The lowest BCUT2D eigenvalue weighted by Gasteiger charge is -2.06. The summed E-state index contributed by atoms with van der Waals surface area (Å²) < 4.78 is 0. The maximum atomic E-state index is 11.5. The van der Waals surface area contributed by atoms with Crippen molar-refractivity contribution in [2.24, 2.45) is 5.92 Å². The third kappa shape index (κ3) is 5.26. The lowest BCUT2D eigenvalue weighted by atomic mass is 10.0. The van der Waals surface area contributed by atoms with Crippen molar-refractivity contribution in [3.63, 3.8) is 0 Å². The Morgan fingerprint density at radius 2 is 2.03 bits per heavy atom. The SMILES string of the molecule is Cc1ccc(-c2nc(Nc3ncc(Cl)cc3C(=O)O)sc2CCC(C)C)cc1Cl. The number of benzene rings is 1. The van der Waals surface area contributed by atoms with Crippen LogP contribution >= 0.6 is 34.5 Å². The van der Waals surface area contributed by atoms with Gasteiger partial charge in [-0.2, -0.15) is 0 Å². The van der Waals surface area contributed by atoms with E-state index < -0.39 is 5.97 Å². The lowest BCUT2D eigenvalue weighted by Crippen LogP contribution is -2.04. The molecule has 0 saturated heterocycles. The summed E-state index contributed by atoms with van der Waals surface area (Å²) in [6, 6.07) is 7.26. The number of rotatable bonds is 7. The van der Waals surface area contributed by atoms with Gasteiger partial charge < -0.3 is 10.4 Å². The number of carboxylic acid groups (broad SMARTS) is 1. The van der Waals surface area contributed by atoms with Crippen LogP contribution in [0.2, 0.25) is 10.0 Å². The first kappa shape index (κ1) is 21.6. The molecule has 0 aliphatic heterocycles. The van der Waals surface area contributed by atoms with Crippen LogP contribution in [-0.2, 0) is 6.42 Å². The highest BCUT2D eigenvalue weighted by Gasteiger charge is 2.18. The Balaban J connectivity index is 2.00. The molecule has 0 bridgehead atoms. The summed E-state index contributed by atoms with van der Waals surface area (Å²) in [4.78, 5) is 21.5. The van der Waals surface area contributed by atoms with Crippen molar-refractivity contribution in [3.05, 3.63) is 56.5 Å². The standard InChI is InChI=1S/C21H21Cl2N3O2S/c1-11(2)4-7-17-18(13-6-5-12(3)16(23)8-13)25-21(29-17)26-19-15(20(27)28)9-14(22)10-24-19/h5-6,8-11H,4,7H2,1-3H3,(H,27,28)(H,24,25,26). The topological polar surface area (TPSA) is 75.1 Å². The molecule has 2 N–H and O–H groups in total. The second-order valence-corrected chi connectivity index (χ2v) is 9.09. The molecule has 3 aromatic rings. The van der Waals surface area contributed by atoms with Crippen LogP contribution in [-0.4, -0.2) is 21.0 Å². The average molecular weight is 450 g/mol. The van der Waals surface area contributed by atoms with Gasteiger partial charge in [-0.1, -0.05) is 49.2 Å². The first-order valence-electron chi connectivity index (χ1n) is 9.16.